The Bertz CT molecular complexity index is 1200. The highest BCUT2D eigenvalue weighted by Gasteiger charge is 2.34. The van der Waals surface area contributed by atoms with Crippen molar-refractivity contribution in [1.82, 2.24) is 10.3 Å². The van der Waals surface area contributed by atoms with Gasteiger partial charge < -0.3 is 15.2 Å². The lowest BCUT2D eigenvalue weighted by Gasteiger charge is -2.25. The molecule has 0 radical (unpaired) electrons. The number of ether oxygens (including phenoxy) is 1. The van der Waals surface area contributed by atoms with Crippen molar-refractivity contribution in [3.63, 3.8) is 0 Å². The molecular weight excluding hydrogens is 454 g/mol. The van der Waals surface area contributed by atoms with Gasteiger partial charge in [-0.1, -0.05) is 61.9 Å². The first-order valence-electron chi connectivity index (χ1n) is 11.0. The zero-order chi connectivity index (χ0) is 24.3. The van der Waals surface area contributed by atoms with E-state index >= 15 is 0 Å². The summed E-state index contributed by atoms with van der Waals surface area (Å²) in [5.74, 6) is -1.80. The highest BCUT2D eigenvalue weighted by molar-refractivity contribution is 7.14. The summed E-state index contributed by atoms with van der Waals surface area (Å²) < 4.78 is 5.50. The van der Waals surface area contributed by atoms with Crippen molar-refractivity contribution in [3.05, 3.63) is 70.7 Å². The zero-order valence-electron chi connectivity index (χ0n) is 18.8. The Labute approximate surface area is 201 Å². The summed E-state index contributed by atoms with van der Waals surface area (Å²) in [6, 6.07) is 16.1. The number of rotatable bonds is 8. The molecule has 1 heterocycles. The minimum Gasteiger partial charge on any atom is -0.480 e. The normalized spacial score (nSPS) is 13.9. The number of nitrogens with one attached hydrogen (secondary N) is 2. The van der Waals surface area contributed by atoms with Gasteiger partial charge in [0.05, 0.1) is 0 Å². The second-order valence-corrected chi connectivity index (χ2v) is 9.19. The number of hydrogen-bond acceptors (Lipinski definition) is 6. The van der Waals surface area contributed by atoms with Crippen molar-refractivity contribution in [2.45, 2.75) is 38.1 Å². The molecule has 9 heteroatoms. The van der Waals surface area contributed by atoms with Gasteiger partial charge in [-0.15, -0.1) is 11.3 Å². The number of fused-ring (bicyclic) bond motifs is 3. The van der Waals surface area contributed by atoms with Crippen LogP contribution >= 0.6 is 11.3 Å². The molecule has 0 bridgehead atoms. The first kappa shape index (κ1) is 23.4. The maximum atomic E-state index is 12.5. The molecule has 4 rings (SSSR count). The van der Waals surface area contributed by atoms with Crippen molar-refractivity contribution >= 4 is 34.4 Å². The molecule has 3 aromatic rings. The quantitative estimate of drug-likeness (QED) is 0.424. The van der Waals surface area contributed by atoms with Crippen LogP contribution in [0.4, 0.5) is 9.93 Å². The largest absolute Gasteiger partial charge is 0.480 e. The average Bonchev–Trinajstić information content (AvgIpc) is 3.40. The molecule has 2 aromatic carbocycles. The van der Waals surface area contributed by atoms with Crippen molar-refractivity contribution in [2.75, 3.05) is 11.9 Å². The summed E-state index contributed by atoms with van der Waals surface area (Å²) in [6.45, 7) is 3.46. The number of carbonyl (C=O) groups is 3. The van der Waals surface area contributed by atoms with Gasteiger partial charge in [-0.05, 0) is 35.6 Å². The molecule has 176 valence electrons. The lowest BCUT2D eigenvalue weighted by molar-refractivity contribution is -0.144. The third kappa shape index (κ3) is 4.65. The Hall–Kier alpha value is -3.72. The Morgan fingerprint density at radius 2 is 1.71 bits per heavy atom. The summed E-state index contributed by atoms with van der Waals surface area (Å²) in [7, 11) is 0. The number of anilines is 1. The van der Waals surface area contributed by atoms with Gasteiger partial charge in [-0.2, -0.15) is 0 Å². The number of benzene rings is 2. The number of carboxylic acids is 1. The van der Waals surface area contributed by atoms with Crippen LogP contribution in [0.25, 0.3) is 11.1 Å². The van der Waals surface area contributed by atoms with E-state index in [0.717, 1.165) is 33.6 Å². The summed E-state index contributed by atoms with van der Waals surface area (Å²) in [5.41, 5.74) is 3.13. The van der Waals surface area contributed by atoms with Crippen LogP contribution in [0.1, 0.15) is 54.2 Å². The van der Waals surface area contributed by atoms with Crippen LogP contribution in [0.2, 0.25) is 0 Å². The van der Waals surface area contributed by atoms with Crippen LogP contribution < -0.4 is 10.6 Å². The van der Waals surface area contributed by atoms with Gasteiger partial charge in [0.1, 0.15) is 17.8 Å². The second-order valence-electron chi connectivity index (χ2n) is 8.33. The Morgan fingerprint density at radius 3 is 2.29 bits per heavy atom. The molecule has 8 nitrogen and oxygen atoms in total. The molecule has 1 aliphatic carbocycles. The summed E-state index contributed by atoms with van der Waals surface area (Å²) in [5, 5.41) is 16.2. The number of carbonyl (C=O) groups excluding carboxylic acids is 2. The number of amides is 2. The molecule has 0 saturated heterocycles. The van der Waals surface area contributed by atoms with Crippen LogP contribution in [0, 0.1) is 0 Å². The van der Waals surface area contributed by atoms with Crippen molar-refractivity contribution in [2.24, 2.45) is 0 Å². The molecule has 1 atom stereocenters. The Morgan fingerprint density at radius 1 is 1.09 bits per heavy atom. The third-order valence-electron chi connectivity index (χ3n) is 5.90. The lowest BCUT2D eigenvalue weighted by atomic mass is 9.96. The summed E-state index contributed by atoms with van der Waals surface area (Å²) in [6.07, 6.45) is 0.196. The molecular formula is C25H25N3O5S. The predicted molar refractivity (Wildman–Crippen MR) is 129 cm³/mol. The molecule has 1 unspecified atom stereocenters. The highest BCUT2D eigenvalue weighted by atomic mass is 32.1. The predicted octanol–water partition coefficient (Wildman–Crippen LogP) is 4.88. The zero-order valence-corrected chi connectivity index (χ0v) is 19.6. The lowest BCUT2D eigenvalue weighted by Crippen LogP contribution is -2.52. The standard InChI is InChI=1S/C25H25N3O5S/c1-3-12-25(2,22(30)31)28-21(29)20-14-34-23(26-20)27-24(32)33-13-19-17-10-6-4-8-15(17)16-9-5-7-11-18(16)19/h4-11,14,19H,3,12-13H2,1-2H3,(H,28,29)(H,30,31)(H,26,27,32). The fraction of sp³-hybridized carbons (Fsp3) is 0.280. The monoisotopic (exact) mass is 479 g/mol. The molecule has 34 heavy (non-hydrogen) atoms. The van der Waals surface area contributed by atoms with Gasteiger partial charge in [0, 0.05) is 11.3 Å². The molecule has 0 spiro atoms. The Kier molecular flexibility index (Phi) is 6.65. The number of thiazole rings is 1. The second kappa shape index (κ2) is 9.64. The van der Waals surface area contributed by atoms with Crippen molar-refractivity contribution in [1.29, 1.82) is 0 Å². The van der Waals surface area contributed by atoms with Gasteiger partial charge in [0.2, 0.25) is 0 Å². The van der Waals surface area contributed by atoms with Gasteiger partial charge in [0.25, 0.3) is 5.91 Å². The summed E-state index contributed by atoms with van der Waals surface area (Å²) >= 11 is 1.06. The van der Waals surface area contributed by atoms with Crippen LogP contribution in [0.15, 0.2) is 53.9 Å². The molecule has 0 saturated carbocycles. The van der Waals surface area contributed by atoms with Crippen molar-refractivity contribution < 1.29 is 24.2 Å². The van der Waals surface area contributed by atoms with E-state index in [1.54, 1.807) is 0 Å². The number of hydrogen-bond donors (Lipinski definition) is 3. The average molecular weight is 480 g/mol. The van der Waals surface area contributed by atoms with Crippen LogP contribution in [0.3, 0.4) is 0 Å². The number of aliphatic carboxylic acids is 1. The van der Waals surface area contributed by atoms with Gasteiger partial charge in [-0.25, -0.2) is 14.6 Å². The minimum atomic E-state index is -1.39. The third-order valence-corrected chi connectivity index (χ3v) is 6.66. The molecule has 1 aromatic heterocycles. The van der Waals surface area contributed by atoms with E-state index in [-0.39, 0.29) is 29.8 Å². The number of carboxylic acid groups (broad SMARTS) is 1. The minimum absolute atomic E-state index is 0.0301. The van der Waals surface area contributed by atoms with E-state index in [2.05, 4.69) is 27.8 Å². The van der Waals surface area contributed by atoms with E-state index in [1.807, 2.05) is 43.3 Å². The molecule has 2 amide bonds. The molecule has 3 N–H and O–H groups in total. The van der Waals surface area contributed by atoms with E-state index < -0.39 is 23.5 Å². The van der Waals surface area contributed by atoms with E-state index in [9.17, 15) is 19.5 Å². The fourth-order valence-corrected chi connectivity index (χ4v) is 4.87. The topological polar surface area (TPSA) is 118 Å². The number of aromatic nitrogens is 1. The first-order chi connectivity index (χ1) is 16.3. The SMILES string of the molecule is CCCC(C)(NC(=O)c1csc(NC(=O)OCC2c3ccccc3-c3ccccc32)n1)C(=O)O. The van der Waals surface area contributed by atoms with E-state index in [4.69, 9.17) is 4.74 Å². The van der Waals surface area contributed by atoms with Gasteiger partial charge >= 0.3 is 12.1 Å². The molecule has 1 aliphatic rings. The Balaban J connectivity index is 1.38. The van der Waals surface area contributed by atoms with Crippen LogP contribution in [-0.4, -0.2) is 40.2 Å². The molecule has 0 aliphatic heterocycles. The maximum absolute atomic E-state index is 12.5. The smallest absolute Gasteiger partial charge is 0.413 e. The number of nitrogens with zero attached hydrogens (tertiary/aromatic N) is 1. The van der Waals surface area contributed by atoms with E-state index in [1.165, 1.54) is 12.3 Å². The highest BCUT2D eigenvalue weighted by Crippen LogP contribution is 2.44. The van der Waals surface area contributed by atoms with Crippen LogP contribution in [0.5, 0.6) is 0 Å². The van der Waals surface area contributed by atoms with Gasteiger partial charge in [0.15, 0.2) is 5.13 Å². The fourth-order valence-electron chi connectivity index (χ4n) is 4.19. The maximum Gasteiger partial charge on any atom is 0.413 e. The van der Waals surface area contributed by atoms with E-state index in [0.29, 0.717) is 6.42 Å². The first-order valence-corrected chi connectivity index (χ1v) is 11.8. The van der Waals surface area contributed by atoms with Gasteiger partial charge in [-0.3, -0.25) is 10.1 Å². The van der Waals surface area contributed by atoms with Crippen molar-refractivity contribution in [3.8, 4) is 11.1 Å². The summed E-state index contributed by atoms with van der Waals surface area (Å²) in [4.78, 5) is 40.6. The molecule has 0 fully saturated rings. The van der Waals surface area contributed by atoms with Crippen LogP contribution in [-0.2, 0) is 9.53 Å².